The molecule has 80 heavy (non-hydrogen) atoms. The van der Waals surface area contributed by atoms with Crippen LogP contribution in [-0.4, -0.2) is 56.9 Å². The molecule has 0 bridgehead atoms. The van der Waals surface area contributed by atoms with Crippen molar-refractivity contribution in [3.8, 4) is 0 Å². The molecule has 1 saturated carbocycles. The number of hydrogen-bond acceptors (Lipinski definition) is 8. The van der Waals surface area contributed by atoms with E-state index in [1.807, 2.05) is 72.3 Å². The lowest BCUT2D eigenvalue weighted by Crippen LogP contribution is -2.41. The first kappa shape index (κ1) is 60.3. The van der Waals surface area contributed by atoms with Crippen molar-refractivity contribution in [2.24, 2.45) is 28.2 Å². The molecule has 0 saturated heterocycles. The second kappa shape index (κ2) is 30.3. The van der Waals surface area contributed by atoms with Gasteiger partial charge in [0.2, 0.25) is 0 Å². The molecule has 4 heterocycles. The summed E-state index contributed by atoms with van der Waals surface area (Å²) in [6, 6.07) is 51.2. The smallest absolute Gasteiger partial charge is 0.183 e. The summed E-state index contributed by atoms with van der Waals surface area (Å²) >= 11 is 0. The number of benzene rings is 4. The Morgan fingerprint density at radius 1 is 0.250 bits per heavy atom. The molecule has 1 fully saturated rings. The van der Waals surface area contributed by atoms with Gasteiger partial charge in [-0.05, 0) is 68.2 Å². The molecule has 12 heteroatoms. The molecule has 0 amide bonds. The van der Waals surface area contributed by atoms with Crippen molar-refractivity contribution in [3.05, 3.63) is 262 Å². The maximum atomic E-state index is 5.50. The average Bonchev–Trinajstić information content (AvgIpc) is 3.64. The van der Waals surface area contributed by atoms with Crippen LogP contribution >= 0.6 is 0 Å². The molecule has 0 unspecified atom stereocenters. The fraction of sp³-hybridized carbons (Fsp3) is 0.294. The molecule has 1 aliphatic carbocycles. The number of hydrogen-bond donors (Lipinski definition) is 0. The van der Waals surface area contributed by atoms with Crippen LogP contribution in [0.15, 0.2) is 195 Å². The molecule has 4 aromatic heterocycles. The van der Waals surface area contributed by atoms with Crippen molar-refractivity contribution < 1.29 is 56.2 Å². The third kappa shape index (κ3) is 15.9. The van der Waals surface area contributed by atoms with Crippen LogP contribution in [0.4, 0.5) is 0 Å². The van der Waals surface area contributed by atoms with Gasteiger partial charge < -0.3 is 37.9 Å². The standard InChI is InChI=1S/C34H40N2O4.2C17H20NO2/c1-35-19-15-25(16-20-35)31-29(23-7-11-27(12-8-23)33(37-3)38-4)32(26-17-21-36(2)22-18-26)30(31)24-9-13-28(14-10-24)34(39-5)40-6;2*1-18-12-10-15(11-13-18)5-4-14-6-8-16(9-7-14)17(19-2)20-3/h7-22,29-34H,1-6H3;2*4-13,17H,1-3H3/q+2;2*+1/b;2*5-4+. The highest BCUT2D eigenvalue weighted by Gasteiger charge is 2.53. The SMILES string of the molecule is COC(OC)c1ccc(/C=C/c2cc[n+](C)cc2)cc1.COC(OC)c1ccc(/C=C/c2cc[n+](C)cc2)cc1.COC(OC)c1ccc(C2C(c3cc[n+](C)cc3)C(c3ccc(C(OC)OC)cc3)C2c2cc[n+](C)cc2)cc1. The number of nitrogens with zero attached hydrogens (tertiary/aromatic N) is 4. The van der Waals surface area contributed by atoms with E-state index in [9.17, 15) is 0 Å². The lowest BCUT2D eigenvalue weighted by molar-refractivity contribution is -0.671. The number of rotatable bonds is 20. The van der Waals surface area contributed by atoms with E-state index in [0.717, 1.165) is 33.4 Å². The zero-order valence-electron chi connectivity index (χ0n) is 48.5. The summed E-state index contributed by atoms with van der Waals surface area (Å²) in [5, 5.41) is 0. The lowest BCUT2D eigenvalue weighted by Gasteiger charge is -2.53. The molecule has 0 aliphatic heterocycles. The third-order valence-corrected chi connectivity index (χ3v) is 14.6. The maximum absolute atomic E-state index is 5.50. The largest absolute Gasteiger partial charge is 0.352 e. The van der Waals surface area contributed by atoms with E-state index in [-0.39, 0.29) is 25.2 Å². The van der Waals surface area contributed by atoms with E-state index >= 15 is 0 Å². The maximum Gasteiger partial charge on any atom is 0.183 e. The van der Waals surface area contributed by atoms with Crippen LogP contribution in [0.25, 0.3) is 24.3 Å². The van der Waals surface area contributed by atoms with E-state index in [0.29, 0.717) is 23.7 Å². The predicted molar refractivity (Wildman–Crippen MR) is 312 cm³/mol. The highest BCUT2D eigenvalue weighted by Crippen LogP contribution is 2.66. The van der Waals surface area contributed by atoms with Gasteiger partial charge in [-0.2, -0.15) is 0 Å². The quantitative estimate of drug-likeness (QED) is 0.0551. The monoisotopic (exact) mass is 1080 g/mol. The Morgan fingerprint density at radius 3 is 0.637 bits per heavy atom. The Hall–Kier alpha value is -7.36. The van der Waals surface area contributed by atoms with Crippen LogP contribution in [0.5, 0.6) is 0 Å². The molecule has 0 atom stereocenters. The van der Waals surface area contributed by atoms with Crippen molar-refractivity contribution >= 4 is 24.3 Å². The molecule has 8 aromatic rings. The van der Waals surface area contributed by atoms with Crippen LogP contribution < -0.4 is 18.3 Å². The van der Waals surface area contributed by atoms with Crippen LogP contribution in [0, 0.1) is 0 Å². The lowest BCUT2D eigenvalue weighted by atomic mass is 9.49. The van der Waals surface area contributed by atoms with Gasteiger partial charge in [0.25, 0.3) is 0 Å². The summed E-state index contributed by atoms with van der Waals surface area (Å²) in [6.07, 6.45) is 23.7. The van der Waals surface area contributed by atoms with Crippen LogP contribution in [-0.2, 0) is 66.1 Å². The third-order valence-electron chi connectivity index (χ3n) is 14.6. The fourth-order valence-corrected chi connectivity index (χ4v) is 10.3. The number of aromatic nitrogens is 4. The first-order chi connectivity index (χ1) is 38.9. The van der Waals surface area contributed by atoms with E-state index in [2.05, 4.69) is 194 Å². The summed E-state index contributed by atoms with van der Waals surface area (Å²) in [5.74, 6) is 1.21. The molecule has 416 valence electrons. The number of pyridine rings is 4. The minimum Gasteiger partial charge on any atom is -0.352 e. The fourth-order valence-electron chi connectivity index (χ4n) is 10.3. The van der Waals surface area contributed by atoms with Crippen LogP contribution in [0.2, 0.25) is 0 Å². The van der Waals surface area contributed by atoms with Gasteiger partial charge in [0.15, 0.2) is 74.7 Å². The van der Waals surface area contributed by atoms with E-state index < -0.39 is 0 Å². The number of methoxy groups -OCH3 is 8. The summed E-state index contributed by atoms with van der Waals surface area (Å²) < 4.78 is 51.1. The molecule has 0 spiro atoms. The highest BCUT2D eigenvalue weighted by molar-refractivity contribution is 5.70. The summed E-state index contributed by atoms with van der Waals surface area (Å²) in [5.41, 5.74) is 14.0. The normalized spacial score (nSPS) is 16.0. The summed E-state index contributed by atoms with van der Waals surface area (Å²) in [4.78, 5) is 0. The zero-order chi connectivity index (χ0) is 57.0. The molecular formula is C68H80N4O8+4. The first-order valence-corrected chi connectivity index (χ1v) is 26.7. The molecule has 0 radical (unpaired) electrons. The highest BCUT2D eigenvalue weighted by atomic mass is 16.7. The van der Waals surface area contributed by atoms with Crippen LogP contribution in [0.1, 0.15) is 116 Å². The Balaban J connectivity index is 0.000000193. The van der Waals surface area contributed by atoms with E-state index in [4.69, 9.17) is 37.9 Å². The number of ether oxygens (including phenoxy) is 8. The number of aryl methyl sites for hydroxylation is 4. The van der Waals surface area contributed by atoms with Gasteiger partial charge in [0.1, 0.15) is 28.2 Å². The van der Waals surface area contributed by atoms with Crippen molar-refractivity contribution in [2.75, 3.05) is 56.9 Å². The molecule has 9 rings (SSSR count). The van der Waals surface area contributed by atoms with Gasteiger partial charge in [-0.15, -0.1) is 0 Å². The van der Waals surface area contributed by atoms with Crippen molar-refractivity contribution in [2.45, 2.75) is 48.8 Å². The Kier molecular flexibility index (Phi) is 22.8. The Labute approximate surface area is 474 Å². The topological polar surface area (TPSA) is 89.4 Å². The van der Waals surface area contributed by atoms with Gasteiger partial charge in [-0.1, -0.05) is 121 Å². The van der Waals surface area contributed by atoms with Gasteiger partial charge in [0, 0.05) is 128 Å². The van der Waals surface area contributed by atoms with Gasteiger partial charge in [-0.25, -0.2) is 18.3 Å². The van der Waals surface area contributed by atoms with Gasteiger partial charge in [-0.3, -0.25) is 0 Å². The molecular weight excluding hydrogens is 1000 g/mol. The Morgan fingerprint density at radius 2 is 0.425 bits per heavy atom. The minimum absolute atomic E-state index is 0.299. The molecule has 1 aliphatic rings. The van der Waals surface area contributed by atoms with Crippen molar-refractivity contribution in [3.63, 3.8) is 0 Å². The van der Waals surface area contributed by atoms with Crippen molar-refractivity contribution in [1.82, 2.24) is 0 Å². The second-order valence-corrected chi connectivity index (χ2v) is 19.8. The van der Waals surface area contributed by atoms with E-state index in [1.54, 1.807) is 56.9 Å². The molecule has 4 aromatic carbocycles. The summed E-state index contributed by atoms with van der Waals surface area (Å²) in [7, 11) is 21.4. The predicted octanol–water partition coefficient (Wildman–Crippen LogP) is 11.3. The second-order valence-electron chi connectivity index (χ2n) is 19.8. The molecule has 0 N–H and O–H groups in total. The van der Waals surface area contributed by atoms with Crippen LogP contribution in [0.3, 0.4) is 0 Å². The average molecular weight is 1080 g/mol. The minimum atomic E-state index is -0.375. The first-order valence-electron chi connectivity index (χ1n) is 26.7. The Bertz CT molecular complexity index is 2890. The summed E-state index contributed by atoms with van der Waals surface area (Å²) in [6.45, 7) is 0. The van der Waals surface area contributed by atoms with E-state index in [1.165, 1.54) is 33.4 Å². The van der Waals surface area contributed by atoms with Gasteiger partial charge in [0.05, 0.1) is 0 Å². The zero-order valence-corrected chi connectivity index (χ0v) is 48.5. The molecule has 12 nitrogen and oxygen atoms in total. The van der Waals surface area contributed by atoms with Crippen molar-refractivity contribution in [1.29, 1.82) is 0 Å². The van der Waals surface area contributed by atoms with Gasteiger partial charge >= 0.3 is 0 Å².